The molecule has 31 heavy (non-hydrogen) atoms. The monoisotopic (exact) mass is 417 g/mol. The van der Waals surface area contributed by atoms with Crippen LogP contribution in [0.15, 0.2) is 63.8 Å². The van der Waals surface area contributed by atoms with E-state index < -0.39 is 0 Å². The van der Waals surface area contributed by atoms with E-state index in [4.69, 9.17) is 13.9 Å². The highest BCUT2D eigenvalue weighted by atomic mass is 16.5. The van der Waals surface area contributed by atoms with Gasteiger partial charge in [0.1, 0.15) is 22.7 Å². The lowest BCUT2D eigenvalue weighted by Crippen LogP contribution is -2.20. The Kier molecular flexibility index (Phi) is 5.62. The summed E-state index contributed by atoms with van der Waals surface area (Å²) in [7, 11) is 0. The number of carbonyl (C=O) groups excluding carboxylic acids is 1. The fourth-order valence-electron chi connectivity index (χ4n) is 3.33. The predicted molar refractivity (Wildman–Crippen MR) is 121 cm³/mol. The topological polar surface area (TPSA) is 77.8 Å². The molecule has 0 aliphatic carbocycles. The molecule has 6 heteroatoms. The zero-order valence-corrected chi connectivity index (χ0v) is 17.7. The fraction of sp³-hybridized carbons (Fsp3) is 0.200. The molecule has 0 radical (unpaired) electrons. The van der Waals surface area contributed by atoms with Gasteiger partial charge in [-0.3, -0.25) is 9.59 Å². The first-order chi connectivity index (χ1) is 14.9. The van der Waals surface area contributed by atoms with Gasteiger partial charge in [0.25, 0.3) is 5.91 Å². The summed E-state index contributed by atoms with van der Waals surface area (Å²) in [6.07, 6.45) is 0. The summed E-state index contributed by atoms with van der Waals surface area (Å²) >= 11 is 0. The maximum Gasteiger partial charge on any atom is 0.262 e. The van der Waals surface area contributed by atoms with Crippen molar-refractivity contribution in [3.8, 4) is 11.5 Å². The van der Waals surface area contributed by atoms with E-state index >= 15 is 0 Å². The Morgan fingerprint density at radius 2 is 1.52 bits per heavy atom. The van der Waals surface area contributed by atoms with E-state index in [1.54, 1.807) is 42.5 Å². The molecule has 6 nitrogen and oxygen atoms in total. The number of amides is 1. The van der Waals surface area contributed by atoms with Crippen LogP contribution in [0, 0.1) is 13.8 Å². The Morgan fingerprint density at radius 3 is 2.23 bits per heavy atom. The Labute approximate surface area is 179 Å². The molecule has 3 aromatic carbocycles. The Morgan fingerprint density at radius 1 is 0.871 bits per heavy atom. The number of hydrogen-bond donors (Lipinski definition) is 1. The van der Waals surface area contributed by atoms with E-state index in [-0.39, 0.29) is 17.9 Å². The van der Waals surface area contributed by atoms with E-state index in [0.29, 0.717) is 40.0 Å². The summed E-state index contributed by atoms with van der Waals surface area (Å²) in [4.78, 5) is 25.1. The van der Waals surface area contributed by atoms with Crippen LogP contribution in [0.3, 0.4) is 0 Å². The average Bonchev–Trinajstić information content (AvgIpc) is 2.75. The zero-order chi connectivity index (χ0) is 22.0. The summed E-state index contributed by atoms with van der Waals surface area (Å²) < 4.78 is 16.9. The molecule has 0 bridgehead atoms. The van der Waals surface area contributed by atoms with Crippen molar-refractivity contribution in [1.82, 2.24) is 0 Å². The Hall–Kier alpha value is -3.80. The molecule has 1 N–H and O–H groups in total. The second-order valence-electron chi connectivity index (χ2n) is 7.32. The molecular formula is C25H23NO5. The molecule has 158 valence electrons. The van der Waals surface area contributed by atoms with Crippen molar-refractivity contribution >= 4 is 33.5 Å². The van der Waals surface area contributed by atoms with Crippen LogP contribution < -0.4 is 20.2 Å². The minimum Gasteiger partial charge on any atom is -0.494 e. The smallest absolute Gasteiger partial charge is 0.262 e. The molecule has 0 saturated carbocycles. The van der Waals surface area contributed by atoms with Crippen molar-refractivity contribution in [2.45, 2.75) is 20.8 Å². The molecule has 0 aliphatic rings. The second kappa shape index (κ2) is 8.52. The van der Waals surface area contributed by atoms with Gasteiger partial charge in [-0.2, -0.15) is 0 Å². The number of aryl methyl sites for hydroxylation is 2. The SMILES string of the molecule is CCOc1ccc(OCC(=O)Nc2ccc3c(=O)c4cc(C)c(C)cc4oc3c2)cc1. The number of nitrogens with one attached hydrogen (secondary N) is 1. The van der Waals surface area contributed by atoms with Crippen LogP contribution >= 0.6 is 0 Å². The normalized spacial score (nSPS) is 10.9. The van der Waals surface area contributed by atoms with Gasteiger partial charge in [-0.25, -0.2) is 0 Å². The maximum absolute atomic E-state index is 12.8. The molecule has 0 saturated heterocycles. The maximum atomic E-state index is 12.8. The summed E-state index contributed by atoms with van der Waals surface area (Å²) in [5.41, 5.74) is 3.48. The quantitative estimate of drug-likeness (QED) is 0.448. The molecule has 4 aromatic rings. The third-order valence-electron chi connectivity index (χ3n) is 5.08. The van der Waals surface area contributed by atoms with Crippen LogP contribution in [-0.2, 0) is 4.79 Å². The van der Waals surface area contributed by atoms with Crippen molar-refractivity contribution in [3.05, 3.63) is 75.9 Å². The third-order valence-corrected chi connectivity index (χ3v) is 5.08. The van der Waals surface area contributed by atoms with Crippen LogP contribution in [0.1, 0.15) is 18.1 Å². The predicted octanol–water partition coefficient (Wildman–Crippen LogP) is 4.98. The van der Waals surface area contributed by atoms with Crippen molar-refractivity contribution in [3.63, 3.8) is 0 Å². The van der Waals surface area contributed by atoms with E-state index in [2.05, 4.69) is 5.32 Å². The number of ether oxygens (including phenoxy) is 2. The highest BCUT2D eigenvalue weighted by Crippen LogP contribution is 2.24. The zero-order valence-electron chi connectivity index (χ0n) is 17.7. The first kappa shape index (κ1) is 20.5. The number of hydrogen-bond acceptors (Lipinski definition) is 5. The molecule has 4 rings (SSSR count). The van der Waals surface area contributed by atoms with Gasteiger partial charge in [0.2, 0.25) is 5.43 Å². The van der Waals surface area contributed by atoms with Crippen LogP contribution in [0.2, 0.25) is 0 Å². The van der Waals surface area contributed by atoms with Crippen LogP contribution in [0.4, 0.5) is 5.69 Å². The van der Waals surface area contributed by atoms with Crippen molar-refractivity contribution in [2.24, 2.45) is 0 Å². The van der Waals surface area contributed by atoms with Gasteiger partial charge in [0.05, 0.1) is 17.4 Å². The molecule has 0 spiro atoms. The van der Waals surface area contributed by atoms with Gasteiger partial charge >= 0.3 is 0 Å². The standard InChI is InChI=1S/C25H23NO5/c1-4-29-18-6-8-19(9-7-18)30-14-24(27)26-17-5-10-20-23(13-17)31-22-12-16(3)15(2)11-21(22)25(20)28/h5-13H,4,14H2,1-3H3,(H,26,27). The van der Waals surface area contributed by atoms with Crippen LogP contribution in [-0.4, -0.2) is 19.1 Å². The lowest BCUT2D eigenvalue weighted by molar-refractivity contribution is -0.118. The van der Waals surface area contributed by atoms with Gasteiger partial charge in [-0.15, -0.1) is 0 Å². The molecule has 1 heterocycles. The Balaban J connectivity index is 1.50. The minimum absolute atomic E-state index is 0.0870. The van der Waals surface area contributed by atoms with E-state index in [9.17, 15) is 9.59 Å². The van der Waals surface area contributed by atoms with E-state index in [1.165, 1.54) is 0 Å². The summed E-state index contributed by atoms with van der Waals surface area (Å²) in [5, 5.41) is 3.80. The lowest BCUT2D eigenvalue weighted by atomic mass is 10.1. The summed E-state index contributed by atoms with van der Waals surface area (Å²) in [6.45, 7) is 6.29. The highest BCUT2D eigenvalue weighted by molar-refractivity contribution is 5.96. The molecule has 0 aliphatic heterocycles. The fourth-order valence-corrected chi connectivity index (χ4v) is 3.33. The number of carbonyl (C=O) groups is 1. The highest BCUT2D eigenvalue weighted by Gasteiger charge is 2.11. The number of benzene rings is 3. The largest absolute Gasteiger partial charge is 0.494 e. The molecule has 1 aromatic heterocycles. The van der Waals surface area contributed by atoms with Gasteiger partial charge in [0, 0.05) is 11.8 Å². The number of rotatable bonds is 6. The minimum atomic E-state index is -0.317. The molecule has 0 unspecified atom stereocenters. The molecule has 1 amide bonds. The molecule has 0 atom stereocenters. The summed E-state index contributed by atoms with van der Waals surface area (Å²) in [6, 6.07) is 15.8. The third kappa shape index (κ3) is 4.38. The van der Waals surface area contributed by atoms with Gasteiger partial charge in [-0.05, 0) is 80.4 Å². The number of anilines is 1. The second-order valence-corrected chi connectivity index (χ2v) is 7.32. The van der Waals surface area contributed by atoms with Crippen molar-refractivity contribution in [1.29, 1.82) is 0 Å². The summed E-state index contributed by atoms with van der Waals surface area (Å²) in [5.74, 6) is 0.998. The first-order valence-electron chi connectivity index (χ1n) is 10.1. The van der Waals surface area contributed by atoms with E-state index in [1.807, 2.05) is 32.9 Å². The number of fused-ring (bicyclic) bond motifs is 2. The molecule has 0 fully saturated rings. The van der Waals surface area contributed by atoms with Gasteiger partial charge in [-0.1, -0.05) is 0 Å². The van der Waals surface area contributed by atoms with Crippen molar-refractivity contribution in [2.75, 3.05) is 18.5 Å². The van der Waals surface area contributed by atoms with Gasteiger partial charge < -0.3 is 19.2 Å². The van der Waals surface area contributed by atoms with Crippen LogP contribution in [0.25, 0.3) is 21.9 Å². The lowest BCUT2D eigenvalue weighted by Gasteiger charge is -2.09. The molecular weight excluding hydrogens is 394 g/mol. The average molecular weight is 417 g/mol. The Bertz CT molecular complexity index is 1320. The van der Waals surface area contributed by atoms with Crippen LogP contribution in [0.5, 0.6) is 11.5 Å². The van der Waals surface area contributed by atoms with E-state index in [0.717, 1.165) is 16.9 Å². The first-order valence-corrected chi connectivity index (χ1v) is 10.1. The van der Waals surface area contributed by atoms with Gasteiger partial charge in [0.15, 0.2) is 6.61 Å². The van der Waals surface area contributed by atoms with Crippen molar-refractivity contribution < 1.29 is 18.7 Å².